The molecule has 0 amide bonds. The predicted octanol–water partition coefficient (Wildman–Crippen LogP) is 4.34. The maximum absolute atomic E-state index is 11.7. The molecule has 126 valence electrons. The van der Waals surface area contributed by atoms with E-state index in [2.05, 4.69) is 0 Å². The third-order valence-corrected chi connectivity index (χ3v) is 3.85. The molecule has 0 aliphatic carbocycles. The van der Waals surface area contributed by atoms with E-state index in [9.17, 15) is 9.90 Å². The lowest BCUT2D eigenvalue weighted by Gasteiger charge is -2.10. The number of hydrogen-bond donors (Lipinski definition) is 1. The van der Waals surface area contributed by atoms with Crippen molar-refractivity contribution in [3.05, 3.63) is 58.7 Å². The number of methoxy groups -OCH3 is 1. The van der Waals surface area contributed by atoms with Crippen molar-refractivity contribution in [2.24, 2.45) is 0 Å². The van der Waals surface area contributed by atoms with Crippen LogP contribution in [0.1, 0.15) is 29.2 Å². The predicted molar refractivity (Wildman–Crippen MR) is 95.6 cm³/mol. The Morgan fingerprint density at radius 2 is 1.83 bits per heavy atom. The van der Waals surface area contributed by atoms with E-state index in [1.807, 2.05) is 45.0 Å². The molecule has 24 heavy (non-hydrogen) atoms. The number of aryl methyl sites for hydroxylation is 2. The van der Waals surface area contributed by atoms with E-state index in [4.69, 9.17) is 9.47 Å². The van der Waals surface area contributed by atoms with E-state index in [0.717, 1.165) is 16.7 Å². The molecule has 0 fully saturated rings. The minimum absolute atomic E-state index is 0.240. The van der Waals surface area contributed by atoms with Crippen LogP contribution in [0.3, 0.4) is 0 Å². The summed E-state index contributed by atoms with van der Waals surface area (Å²) in [7, 11) is 1.56. The van der Waals surface area contributed by atoms with Crippen LogP contribution in [-0.4, -0.2) is 24.8 Å². The monoisotopic (exact) mass is 326 g/mol. The molecule has 1 N–H and O–H groups in total. The zero-order valence-corrected chi connectivity index (χ0v) is 14.4. The average molecular weight is 326 g/mol. The van der Waals surface area contributed by atoms with Crippen LogP contribution in [0.5, 0.6) is 11.5 Å². The van der Waals surface area contributed by atoms with E-state index in [-0.39, 0.29) is 5.57 Å². The highest BCUT2D eigenvalue weighted by atomic mass is 16.5. The van der Waals surface area contributed by atoms with E-state index >= 15 is 0 Å². The fraction of sp³-hybridized carbons (Fsp3) is 0.250. The van der Waals surface area contributed by atoms with Crippen molar-refractivity contribution in [1.29, 1.82) is 0 Å². The maximum Gasteiger partial charge on any atom is 0.336 e. The highest BCUT2D eigenvalue weighted by Crippen LogP contribution is 2.30. The van der Waals surface area contributed by atoms with Gasteiger partial charge >= 0.3 is 5.97 Å². The molecule has 0 heterocycles. The van der Waals surface area contributed by atoms with Crippen molar-refractivity contribution in [3.63, 3.8) is 0 Å². The lowest BCUT2D eigenvalue weighted by Crippen LogP contribution is -2.01. The van der Waals surface area contributed by atoms with Crippen molar-refractivity contribution >= 4 is 17.6 Å². The summed E-state index contributed by atoms with van der Waals surface area (Å²) in [6, 6.07) is 11.0. The summed E-state index contributed by atoms with van der Waals surface area (Å²) in [4.78, 5) is 11.7. The Hall–Kier alpha value is -2.75. The Bertz CT molecular complexity index is 775. The van der Waals surface area contributed by atoms with E-state index in [1.54, 1.807) is 25.3 Å². The normalized spacial score (nSPS) is 11.2. The van der Waals surface area contributed by atoms with Crippen molar-refractivity contribution in [1.82, 2.24) is 0 Å². The highest BCUT2D eigenvalue weighted by Gasteiger charge is 2.12. The van der Waals surface area contributed by atoms with Crippen molar-refractivity contribution in [2.75, 3.05) is 13.7 Å². The molecule has 2 rings (SSSR count). The molecule has 2 aromatic carbocycles. The number of carbonyl (C=O) groups is 1. The topological polar surface area (TPSA) is 55.8 Å². The maximum atomic E-state index is 11.7. The Balaban J connectivity index is 2.47. The first-order chi connectivity index (χ1) is 11.5. The summed E-state index contributed by atoms with van der Waals surface area (Å²) in [5.41, 5.74) is 3.85. The zero-order valence-electron chi connectivity index (χ0n) is 14.4. The molecular weight excluding hydrogens is 304 g/mol. The number of ether oxygens (including phenoxy) is 2. The molecular formula is C20H22O4. The van der Waals surface area contributed by atoms with Gasteiger partial charge in [-0.1, -0.05) is 24.3 Å². The van der Waals surface area contributed by atoms with E-state index in [1.165, 1.54) is 0 Å². The molecule has 0 saturated carbocycles. The minimum Gasteiger partial charge on any atom is -0.493 e. The Morgan fingerprint density at radius 3 is 2.42 bits per heavy atom. The van der Waals surface area contributed by atoms with Crippen LogP contribution in [-0.2, 0) is 4.79 Å². The van der Waals surface area contributed by atoms with Gasteiger partial charge in [0.05, 0.1) is 19.3 Å². The molecule has 0 atom stereocenters. The fourth-order valence-corrected chi connectivity index (χ4v) is 2.39. The fourth-order valence-electron chi connectivity index (χ4n) is 2.39. The van der Waals surface area contributed by atoms with Crippen LogP contribution in [0, 0.1) is 13.8 Å². The van der Waals surface area contributed by atoms with E-state index in [0.29, 0.717) is 23.7 Å². The molecule has 0 spiro atoms. The van der Waals surface area contributed by atoms with Gasteiger partial charge in [0.1, 0.15) is 0 Å². The summed E-state index contributed by atoms with van der Waals surface area (Å²) in [5, 5.41) is 9.59. The standard InChI is InChI=1S/C20H22O4/c1-5-24-18-9-7-15(12-19(18)23-4)11-17(20(21)22)16-8-6-13(2)14(3)10-16/h6-12H,5H2,1-4H3,(H,21,22)/b17-11-. The third-order valence-electron chi connectivity index (χ3n) is 3.85. The van der Waals surface area contributed by atoms with Gasteiger partial charge in [-0.3, -0.25) is 0 Å². The largest absolute Gasteiger partial charge is 0.493 e. The second-order valence-corrected chi connectivity index (χ2v) is 5.51. The van der Waals surface area contributed by atoms with Gasteiger partial charge in [0, 0.05) is 0 Å². The first-order valence-corrected chi connectivity index (χ1v) is 7.79. The van der Waals surface area contributed by atoms with Crippen LogP contribution in [0.15, 0.2) is 36.4 Å². The summed E-state index contributed by atoms with van der Waals surface area (Å²) < 4.78 is 10.8. The number of rotatable bonds is 6. The quantitative estimate of drug-likeness (QED) is 0.634. The van der Waals surface area contributed by atoms with Crippen molar-refractivity contribution < 1.29 is 19.4 Å². The molecule has 2 aromatic rings. The van der Waals surface area contributed by atoms with Crippen LogP contribution >= 0.6 is 0 Å². The number of carboxylic acids is 1. The highest BCUT2D eigenvalue weighted by molar-refractivity contribution is 6.20. The molecule has 0 unspecified atom stereocenters. The first-order valence-electron chi connectivity index (χ1n) is 7.79. The van der Waals surface area contributed by atoms with Gasteiger partial charge in [0.2, 0.25) is 0 Å². The van der Waals surface area contributed by atoms with Crippen molar-refractivity contribution in [2.45, 2.75) is 20.8 Å². The van der Waals surface area contributed by atoms with Crippen LogP contribution in [0.2, 0.25) is 0 Å². The molecule has 0 aliphatic heterocycles. The molecule has 0 radical (unpaired) electrons. The van der Waals surface area contributed by atoms with Crippen LogP contribution < -0.4 is 9.47 Å². The molecule has 4 nitrogen and oxygen atoms in total. The second-order valence-electron chi connectivity index (χ2n) is 5.51. The minimum atomic E-state index is -0.967. The SMILES string of the molecule is CCOc1ccc(/C=C(\C(=O)O)c2ccc(C)c(C)c2)cc1OC. The Labute approximate surface area is 142 Å². The van der Waals surface area contributed by atoms with E-state index < -0.39 is 5.97 Å². The van der Waals surface area contributed by atoms with Gasteiger partial charge in [0.25, 0.3) is 0 Å². The average Bonchev–Trinajstić information content (AvgIpc) is 2.56. The second kappa shape index (κ2) is 7.68. The Kier molecular flexibility index (Phi) is 5.64. The van der Waals surface area contributed by atoms with Gasteiger partial charge in [-0.25, -0.2) is 4.79 Å². The molecule has 0 aromatic heterocycles. The van der Waals surface area contributed by atoms with Crippen molar-refractivity contribution in [3.8, 4) is 11.5 Å². The number of hydrogen-bond acceptors (Lipinski definition) is 3. The molecule has 0 bridgehead atoms. The summed E-state index contributed by atoms with van der Waals surface area (Å²) in [6.07, 6.45) is 1.64. The lowest BCUT2D eigenvalue weighted by atomic mass is 9.98. The Morgan fingerprint density at radius 1 is 1.08 bits per heavy atom. The van der Waals surface area contributed by atoms with Crippen LogP contribution in [0.4, 0.5) is 0 Å². The lowest BCUT2D eigenvalue weighted by molar-refractivity contribution is -0.130. The van der Waals surface area contributed by atoms with Gasteiger partial charge in [-0.05, 0) is 61.2 Å². The summed E-state index contributed by atoms with van der Waals surface area (Å²) >= 11 is 0. The first kappa shape index (κ1) is 17.6. The van der Waals surface area contributed by atoms with Gasteiger partial charge in [-0.2, -0.15) is 0 Å². The summed E-state index contributed by atoms with van der Waals surface area (Å²) in [5.74, 6) is 0.252. The number of aliphatic carboxylic acids is 1. The third kappa shape index (κ3) is 3.96. The number of carboxylic acid groups (broad SMARTS) is 1. The molecule has 0 saturated heterocycles. The smallest absolute Gasteiger partial charge is 0.336 e. The van der Waals surface area contributed by atoms with Crippen LogP contribution in [0.25, 0.3) is 11.6 Å². The zero-order chi connectivity index (χ0) is 17.7. The summed E-state index contributed by atoms with van der Waals surface area (Å²) in [6.45, 7) is 6.41. The van der Waals surface area contributed by atoms with Gasteiger partial charge in [-0.15, -0.1) is 0 Å². The van der Waals surface area contributed by atoms with Gasteiger partial charge in [0.15, 0.2) is 11.5 Å². The molecule has 4 heteroatoms. The number of benzene rings is 2. The molecule has 0 aliphatic rings. The van der Waals surface area contributed by atoms with Gasteiger partial charge < -0.3 is 14.6 Å².